The minimum Gasteiger partial charge on any atom is -0.484 e. The van der Waals surface area contributed by atoms with Gasteiger partial charge in [0.1, 0.15) is 11.9 Å². The highest BCUT2D eigenvalue weighted by atomic mass is 16.5. The van der Waals surface area contributed by atoms with Crippen molar-refractivity contribution in [1.82, 2.24) is 25.8 Å². The van der Waals surface area contributed by atoms with Gasteiger partial charge < -0.3 is 20.7 Å². The Bertz CT molecular complexity index is 1120. The maximum atomic E-state index is 11.8. The summed E-state index contributed by atoms with van der Waals surface area (Å²) in [6, 6.07) is 12.0. The molecule has 0 spiro atoms. The monoisotopic (exact) mass is 421 g/mol. The Labute approximate surface area is 180 Å². The summed E-state index contributed by atoms with van der Waals surface area (Å²) in [5, 5.41) is 24.0. The normalized spacial score (nSPS) is 15.7. The molecule has 4 rings (SSSR count). The van der Waals surface area contributed by atoms with Gasteiger partial charge in [0.15, 0.2) is 6.61 Å². The maximum Gasteiger partial charge on any atom is 0.258 e. The van der Waals surface area contributed by atoms with Crippen molar-refractivity contribution in [2.45, 2.75) is 33.0 Å². The van der Waals surface area contributed by atoms with Gasteiger partial charge in [0.2, 0.25) is 5.96 Å². The summed E-state index contributed by atoms with van der Waals surface area (Å²) in [6.07, 6.45) is 1.68. The van der Waals surface area contributed by atoms with Crippen molar-refractivity contribution in [3.05, 3.63) is 53.7 Å². The molecule has 2 aromatic carbocycles. The second-order valence-electron chi connectivity index (χ2n) is 7.90. The van der Waals surface area contributed by atoms with Gasteiger partial charge in [-0.2, -0.15) is 5.10 Å². The van der Waals surface area contributed by atoms with Gasteiger partial charge in [0, 0.05) is 24.2 Å². The number of guanidine groups is 1. The maximum absolute atomic E-state index is 11.8. The summed E-state index contributed by atoms with van der Waals surface area (Å²) >= 11 is 0. The summed E-state index contributed by atoms with van der Waals surface area (Å²) in [6.45, 7) is 5.81. The van der Waals surface area contributed by atoms with Crippen LogP contribution in [0.2, 0.25) is 0 Å². The van der Waals surface area contributed by atoms with Crippen LogP contribution >= 0.6 is 0 Å². The van der Waals surface area contributed by atoms with E-state index >= 15 is 0 Å². The average Bonchev–Trinajstić information content (AvgIpc) is 3.32. The Balaban J connectivity index is 1.39. The van der Waals surface area contributed by atoms with E-state index in [1.807, 2.05) is 69.2 Å². The van der Waals surface area contributed by atoms with Crippen molar-refractivity contribution in [2.75, 3.05) is 19.0 Å². The Kier molecular flexibility index (Phi) is 5.66. The quantitative estimate of drug-likeness (QED) is 0.488. The number of aromatic amines is 1. The fourth-order valence-electron chi connectivity index (χ4n) is 3.50. The van der Waals surface area contributed by atoms with Gasteiger partial charge in [-0.25, -0.2) is 0 Å². The third-order valence-electron chi connectivity index (χ3n) is 4.93. The number of aryl methyl sites for hydroxylation is 1. The van der Waals surface area contributed by atoms with Gasteiger partial charge in [-0.3, -0.25) is 14.9 Å². The molecular weight excluding hydrogens is 394 g/mol. The largest absolute Gasteiger partial charge is 0.484 e. The molecule has 1 aromatic heterocycles. The highest BCUT2D eigenvalue weighted by molar-refractivity contribution is 5.96. The SMILES string of the molecule is Cc1cc(C2NC(Nc3ccc4[nH]ncc4c3)=NN2C)ccc1OCC(=O)NC(C)C. The fraction of sp³-hybridized carbons (Fsp3) is 0.318. The highest BCUT2D eigenvalue weighted by Gasteiger charge is 2.25. The molecule has 1 unspecified atom stereocenters. The number of benzene rings is 2. The lowest BCUT2D eigenvalue weighted by Gasteiger charge is -2.20. The van der Waals surface area contributed by atoms with Gasteiger partial charge in [-0.15, -0.1) is 5.10 Å². The standard InChI is InChI=1S/C22H27N7O2/c1-13(2)24-20(30)12-31-19-8-5-15(9-14(19)3)21-26-22(28-29(21)4)25-17-6-7-18-16(10-17)11-23-27-18/h5-11,13,21H,12H2,1-4H3,(H,23,27)(H,24,30)(H2,25,26,28). The van der Waals surface area contributed by atoms with Gasteiger partial charge in [-0.1, -0.05) is 6.07 Å². The minimum atomic E-state index is -0.131. The number of anilines is 1. The molecule has 4 N–H and O–H groups in total. The van der Waals surface area contributed by atoms with Crippen molar-refractivity contribution >= 4 is 28.5 Å². The zero-order valence-corrected chi connectivity index (χ0v) is 18.1. The van der Waals surface area contributed by atoms with E-state index in [2.05, 4.69) is 31.2 Å². The van der Waals surface area contributed by atoms with Crippen molar-refractivity contribution in [3.63, 3.8) is 0 Å². The Hall–Kier alpha value is -3.75. The van der Waals surface area contributed by atoms with Crippen LogP contribution in [0.1, 0.15) is 31.1 Å². The van der Waals surface area contributed by atoms with E-state index in [4.69, 9.17) is 4.74 Å². The van der Waals surface area contributed by atoms with Crippen LogP contribution < -0.4 is 20.7 Å². The second kappa shape index (κ2) is 8.55. The summed E-state index contributed by atoms with van der Waals surface area (Å²) in [5.74, 6) is 1.23. The Morgan fingerprint density at radius 3 is 2.87 bits per heavy atom. The lowest BCUT2D eigenvalue weighted by molar-refractivity contribution is -0.123. The zero-order valence-electron chi connectivity index (χ0n) is 18.1. The lowest BCUT2D eigenvalue weighted by atomic mass is 10.1. The van der Waals surface area contributed by atoms with Crippen LogP contribution in [-0.4, -0.2) is 46.8 Å². The van der Waals surface area contributed by atoms with Gasteiger partial charge in [-0.05, 0) is 62.2 Å². The first-order chi connectivity index (χ1) is 14.9. The zero-order chi connectivity index (χ0) is 22.0. The molecule has 1 aliphatic rings. The lowest BCUT2D eigenvalue weighted by Crippen LogP contribution is -2.34. The van der Waals surface area contributed by atoms with Crippen molar-refractivity contribution in [2.24, 2.45) is 5.10 Å². The van der Waals surface area contributed by atoms with Crippen molar-refractivity contribution in [1.29, 1.82) is 0 Å². The number of hydrazone groups is 1. The third-order valence-corrected chi connectivity index (χ3v) is 4.93. The number of fused-ring (bicyclic) bond motifs is 1. The van der Waals surface area contributed by atoms with Crippen LogP contribution in [0.5, 0.6) is 5.75 Å². The van der Waals surface area contributed by atoms with Crippen molar-refractivity contribution in [3.8, 4) is 5.75 Å². The smallest absolute Gasteiger partial charge is 0.258 e. The number of hydrogen-bond acceptors (Lipinski definition) is 7. The Morgan fingerprint density at radius 1 is 1.26 bits per heavy atom. The predicted octanol–water partition coefficient (Wildman–Crippen LogP) is 2.69. The molecule has 0 saturated carbocycles. The molecule has 162 valence electrons. The van der Waals surface area contributed by atoms with E-state index in [1.54, 1.807) is 6.20 Å². The molecule has 0 aliphatic carbocycles. The predicted molar refractivity (Wildman–Crippen MR) is 121 cm³/mol. The summed E-state index contributed by atoms with van der Waals surface area (Å²) < 4.78 is 5.68. The topological polar surface area (TPSA) is 107 Å². The van der Waals surface area contributed by atoms with Crippen LogP contribution in [0, 0.1) is 6.92 Å². The Morgan fingerprint density at radius 2 is 2.10 bits per heavy atom. The molecule has 9 nitrogen and oxygen atoms in total. The molecule has 31 heavy (non-hydrogen) atoms. The molecule has 0 bridgehead atoms. The van der Waals surface area contributed by atoms with Gasteiger partial charge >= 0.3 is 0 Å². The van der Waals surface area contributed by atoms with Crippen LogP contribution in [0.15, 0.2) is 47.7 Å². The molecule has 0 saturated heterocycles. The number of ether oxygens (including phenoxy) is 1. The van der Waals surface area contributed by atoms with Gasteiger partial charge in [0.25, 0.3) is 5.91 Å². The summed E-state index contributed by atoms with van der Waals surface area (Å²) in [5.41, 5.74) is 3.91. The van der Waals surface area contributed by atoms with Crippen LogP contribution in [0.3, 0.4) is 0 Å². The molecule has 9 heteroatoms. The van der Waals surface area contributed by atoms with E-state index in [1.165, 1.54) is 0 Å². The molecule has 1 amide bonds. The number of hydrogen-bond donors (Lipinski definition) is 4. The molecule has 1 atom stereocenters. The van der Waals surface area contributed by atoms with Gasteiger partial charge in [0.05, 0.1) is 11.7 Å². The fourth-order valence-corrected chi connectivity index (χ4v) is 3.50. The average molecular weight is 422 g/mol. The molecular formula is C22H27N7O2. The highest BCUT2D eigenvalue weighted by Crippen LogP contribution is 2.27. The molecule has 2 heterocycles. The number of amides is 1. The number of aromatic nitrogens is 2. The molecule has 1 aliphatic heterocycles. The second-order valence-corrected chi connectivity index (χ2v) is 7.90. The first-order valence-corrected chi connectivity index (χ1v) is 10.2. The first-order valence-electron chi connectivity index (χ1n) is 10.2. The molecule has 0 radical (unpaired) electrons. The van der Waals surface area contributed by atoms with Crippen molar-refractivity contribution < 1.29 is 9.53 Å². The minimum absolute atomic E-state index is 0.00185. The van der Waals surface area contributed by atoms with E-state index < -0.39 is 0 Å². The third kappa shape index (κ3) is 4.71. The number of nitrogens with one attached hydrogen (secondary N) is 4. The first kappa shape index (κ1) is 20.5. The summed E-state index contributed by atoms with van der Waals surface area (Å²) in [7, 11) is 1.92. The number of H-pyrrole nitrogens is 1. The summed E-state index contributed by atoms with van der Waals surface area (Å²) in [4.78, 5) is 11.8. The van der Waals surface area contributed by atoms with E-state index in [-0.39, 0.29) is 24.7 Å². The van der Waals surface area contributed by atoms with E-state index in [0.29, 0.717) is 11.7 Å². The van der Waals surface area contributed by atoms with Crippen LogP contribution in [0.4, 0.5) is 5.69 Å². The molecule has 3 aromatic rings. The number of rotatable bonds is 6. The van der Waals surface area contributed by atoms with Crippen LogP contribution in [0.25, 0.3) is 10.9 Å². The number of carbonyl (C=O) groups excluding carboxylic acids is 1. The number of carbonyl (C=O) groups is 1. The van der Waals surface area contributed by atoms with Crippen LogP contribution in [-0.2, 0) is 4.79 Å². The van der Waals surface area contributed by atoms with E-state index in [0.717, 1.165) is 27.7 Å². The molecule has 0 fully saturated rings. The number of nitrogens with zero attached hydrogens (tertiary/aromatic N) is 3. The van der Waals surface area contributed by atoms with E-state index in [9.17, 15) is 4.79 Å².